The number of anilines is 1. The summed E-state index contributed by atoms with van der Waals surface area (Å²) in [6.45, 7) is 0.738. The Morgan fingerprint density at radius 3 is 2.82 bits per heavy atom. The summed E-state index contributed by atoms with van der Waals surface area (Å²) >= 11 is 1.80. The highest BCUT2D eigenvalue weighted by atomic mass is 32.2. The van der Waals surface area contributed by atoms with Crippen molar-refractivity contribution in [1.82, 2.24) is 4.90 Å². The van der Waals surface area contributed by atoms with E-state index in [1.165, 1.54) is 0 Å². The molecule has 4 rings (SSSR count). The molecule has 2 amide bonds. The predicted molar refractivity (Wildman–Crippen MR) is 88.4 cm³/mol. The molecule has 0 saturated carbocycles. The van der Waals surface area contributed by atoms with Crippen LogP contribution in [0.2, 0.25) is 0 Å². The number of carbonyl (C=O) groups is 1. The van der Waals surface area contributed by atoms with E-state index in [4.69, 9.17) is 4.74 Å². The Hall–Kier alpha value is -2.14. The minimum Gasteiger partial charge on any atom is -0.497 e. The molecule has 1 saturated heterocycles. The van der Waals surface area contributed by atoms with Crippen LogP contribution in [0.25, 0.3) is 0 Å². The fourth-order valence-electron chi connectivity index (χ4n) is 3.27. The standard InChI is InChI=1S/C17H16N2O2S/c1-21-13-7-8-15-14(11-13)17(12-5-3-2-4-6-12)19(9-10-22-17)16(20)18-15/h2-8,11H,9-10H2,1H3,(H,18,20). The molecule has 0 spiro atoms. The molecule has 0 bridgehead atoms. The van der Waals surface area contributed by atoms with E-state index in [2.05, 4.69) is 17.4 Å². The van der Waals surface area contributed by atoms with Gasteiger partial charge in [-0.05, 0) is 23.8 Å². The van der Waals surface area contributed by atoms with Crippen LogP contribution in [0, 0.1) is 0 Å². The fourth-order valence-corrected chi connectivity index (χ4v) is 4.80. The van der Waals surface area contributed by atoms with E-state index in [9.17, 15) is 4.79 Å². The number of amides is 2. The maximum absolute atomic E-state index is 12.5. The number of nitrogens with one attached hydrogen (secondary N) is 1. The molecular formula is C17H16N2O2S. The zero-order valence-corrected chi connectivity index (χ0v) is 13.0. The van der Waals surface area contributed by atoms with Crippen LogP contribution < -0.4 is 10.1 Å². The third-order valence-electron chi connectivity index (χ3n) is 4.25. The van der Waals surface area contributed by atoms with Gasteiger partial charge in [0.1, 0.15) is 10.6 Å². The molecule has 2 heterocycles. The summed E-state index contributed by atoms with van der Waals surface area (Å²) in [6, 6.07) is 16.0. The van der Waals surface area contributed by atoms with Crippen molar-refractivity contribution < 1.29 is 9.53 Å². The summed E-state index contributed by atoms with van der Waals surface area (Å²) in [5.74, 6) is 1.72. The van der Waals surface area contributed by atoms with Gasteiger partial charge in [-0.3, -0.25) is 0 Å². The van der Waals surface area contributed by atoms with Gasteiger partial charge in [0.05, 0.1) is 7.11 Å². The molecule has 0 radical (unpaired) electrons. The van der Waals surface area contributed by atoms with Crippen molar-refractivity contribution in [1.29, 1.82) is 0 Å². The first-order valence-corrected chi connectivity index (χ1v) is 8.21. The number of thioether (sulfide) groups is 1. The van der Waals surface area contributed by atoms with E-state index in [-0.39, 0.29) is 6.03 Å². The molecule has 0 aliphatic carbocycles. The average Bonchev–Trinajstić information content (AvgIpc) is 3.02. The van der Waals surface area contributed by atoms with Crippen molar-refractivity contribution >= 4 is 23.5 Å². The lowest BCUT2D eigenvalue weighted by Crippen LogP contribution is -2.50. The number of hydrogen-bond acceptors (Lipinski definition) is 3. The second-order valence-corrected chi connectivity index (χ2v) is 6.64. The Morgan fingerprint density at radius 2 is 2.05 bits per heavy atom. The molecular weight excluding hydrogens is 296 g/mol. The van der Waals surface area contributed by atoms with Crippen LogP contribution >= 0.6 is 11.8 Å². The van der Waals surface area contributed by atoms with Gasteiger partial charge < -0.3 is 15.0 Å². The highest BCUT2D eigenvalue weighted by Gasteiger charge is 2.51. The molecule has 1 fully saturated rings. The summed E-state index contributed by atoms with van der Waals surface area (Å²) in [7, 11) is 1.66. The number of benzene rings is 2. The predicted octanol–water partition coefficient (Wildman–Crippen LogP) is 3.49. The molecule has 1 atom stereocenters. The third kappa shape index (κ3) is 1.75. The van der Waals surface area contributed by atoms with E-state index in [0.717, 1.165) is 34.9 Å². The van der Waals surface area contributed by atoms with Crippen molar-refractivity contribution in [3.8, 4) is 5.75 Å². The number of carbonyl (C=O) groups excluding carboxylic acids is 1. The number of fused-ring (bicyclic) bond motifs is 3. The number of urea groups is 1. The van der Waals surface area contributed by atoms with Gasteiger partial charge in [-0.1, -0.05) is 30.3 Å². The first-order chi connectivity index (χ1) is 10.8. The summed E-state index contributed by atoms with van der Waals surface area (Å²) in [4.78, 5) is 14.0. The van der Waals surface area contributed by atoms with Gasteiger partial charge in [-0.15, -0.1) is 11.8 Å². The first kappa shape index (κ1) is 13.5. The van der Waals surface area contributed by atoms with Gasteiger partial charge in [0.25, 0.3) is 0 Å². The van der Waals surface area contributed by atoms with Gasteiger partial charge in [-0.25, -0.2) is 4.79 Å². The van der Waals surface area contributed by atoms with Gasteiger partial charge >= 0.3 is 6.03 Å². The summed E-state index contributed by atoms with van der Waals surface area (Å²) in [5, 5.41) is 3.00. The molecule has 22 heavy (non-hydrogen) atoms. The number of methoxy groups -OCH3 is 1. The van der Waals surface area contributed by atoms with Gasteiger partial charge in [0.2, 0.25) is 0 Å². The van der Waals surface area contributed by atoms with Crippen molar-refractivity contribution in [3.63, 3.8) is 0 Å². The number of ether oxygens (including phenoxy) is 1. The van der Waals surface area contributed by atoms with E-state index < -0.39 is 4.87 Å². The average molecular weight is 312 g/mol. The van der Waals surface area contributed by atoms with E-state index >= 15 is 0 Å². The van der Waals surface area contributed by atoms with Crippen LogP contribution in [0.1, 0.15) is 11.1 Å². The second-order valence-electron chi connectivity index (χ2n) is 5.35. The molecule has 2 aliphatic heterocycles. The van der Waals surface area contributed by atoms with Crippen molar-refractivity contribution in [3.05, 3.63) is 59.7 Å². The molecule has 5 heteroatoms. The second kappa shape index (κ2) is 4.95. The Kier molecular flexibility index (Phi) is 3.04. The van der Waals surface area contributed by atoms with Crippen LogP contribution in [0.4, 0.5) is 10.5 Å². The molecule has 0 aromatic heterocycles. The zero-order chi connectivity index (χ0) is 15.2. The molecule has 112 valence electrons. The minimum absolute atomic E-state index is 0.0356. The molecule has 2 aromatic carbocycles. The number of hydrogen-bond donors (Lipinski definition) is 1. The third-order valence-corrected chi connectivity index (χ3v) is 5.73. The lowest BCUT2D eigenvalue weighted by Gasteiger charge is -2.43. The minimum atomic E-state index is -0.465. The van der Waals surface area contributed by atoms with E-state index in [1.807, 2.05) is 41.3 Å². The molecule has 2 aromatic rings. The smallest absolute Gasteiger partial charge is 0.323 e. The van der Waals surface area contributed by atoms with Crippen molar-refractivity contribution in [2.45, 2.75) is 4.87 Å². The van der Waals surface area contributed by atoms with Crippen LogP contribution in [0.5, 0.6) is 5.75 Å². The number of rotatable bonds is 2. The van der Waals surface area contributed by atoms with Gasteiger partial charge in [0, 0.05) is 23.5 Å². The Bertz CT molecular complexity index is 735. The van der Waals surface area contributed by atoms with Crippen LogP contribution in [-0.2, 0) is 4.87 Å². The van der Waals surface area contributed by atoms with Crippen molar-refractivity contribution in [2.24, 2.45) is 0 Å². The molecule has 1 unspecified atom stereocenters. The van der Waals surface area contributed by atoms with Gasteiger partial charge in [-0.2, -0.15) is 0 Å². The lowest BCUT2D eigenvalue weighted by molar-refractivity contribution is 0.195. The molecule has 1 N–H and O–H groups in total. The van der Waals surface area contributed by atoms with Crippen LogP contribution in [-0.4, -0.2) is 30.3 Å². The SMILES string of the molecule is COc1ccc2c(c1)C1(c3ccccc3)SCCN1C(=O)N2. The largest absolute Gasteiger partial charge is 0.497 e. The zero-order valence-electron chi connectivity index (χ0n) is 12.2. The van der Waals surface area contributed by atoms with E-state index in [1.54, 1.807) is 18.9 Å². The van der Waals surface area contributed by atoms with Crippen molar-refractivity contribution in [2.75, 3.05) is 24.7 Å². The lowest BCUT2D eigenvalue weighted by atomic mass is 9.93. The molecule has 4 nitrogen and oxygen atoms in total. The van der Waals surface area contributed by atoms with E-state index in [0.29, 0.717) is 0 Å². The highest BCUT2D eigenvalue weighted by Crippen LogP contribution is 2.54. The molecule has 2 aliphatic rings. The monoisotopic (exact) mass is 312 g/mol. The Labute approximate surface area is 133 Å². The summed E-state index contributed by atoms with van der Waals surface area (Å²) < 4.78 is 5.40. The topological polar surface area (TPSA) is 41.6 Å². The summed E-state index contributed by atoms with van der Waals surface area (Å²) in [5.41, 5.74) is 3.07. The Morgan fingerprint density at radius 1 is 1.23 bits per heavy atom. The Balaban J connectivity index is 2.00. The normalized spacial score (nSPS) is 22.8. The van der Waals surface area contributed by atoms with Crippen LogP contribution in [0.3, 0.4) is 0 Å². The highest BCUT2D eigenvalue weighted by molar-refractivity contribution is 8.00. The maximum Gasteiger partial charge on any atom is 0.323 e. The van der Waals surface area contributed by atoms with Crippen LogP contribution in [0.15, 0.2) is 48.5 Å². The first-order valence-electron chi connectivity index (χ1n) is 7.22. The maximum atomic E-state index is 12.5. The van der Waals surface area contributed by atoms with Gasteiger partial charge in [0.15, 0.2) is 0 Å². The number of nitrogens with zero attached hydrogens (tertiary/aromatic N) is 1. The quantitative estimate of drug-likeness (QED) is 0.923. The summed E-state index contributed by atoms with van der Waals surface area (Å²) in [6.07, 6.45) is 0. The fraction of sp³-hybridized carbons (Fsp3) is 0.235.